The Hall–Kier alpha value is -2.95. The number of amides is 1. The molecule has 1 aromatic heterocycles. The highest BCUT2D eigenvalue weighted by Gasteiger charge is 2.23. The van der Waals surface area contributed by atoms with Gasteiger partial charge in [-0.3, -0.25) is 4.79 Å². The number of anilines is 1. The highest BCUT2D eigenvalue weighted by atomic mass is 19.1. The van der Waals surface area contributed by atoms with E-state index in [1.807, 2.05) is 36.5 Å². The van der Waals surface area contributed by atoms with Crippen LogP contribution in [0.5, 0.6) is 0 Å². The second-order valence-electron chi connectivity index (χ2n) is 6.23. The van der Waals surface area contributed by atoms with Crippen molar-refractivity contribution in [2.45, 2.75) is 19.3 Å². The van der Waals surface area contributed by atoms with Gasteiger partial charge < -0.3 is 4.90 Å². The van der Waals surface area contributed by atoms with Crippen molar-refractivity contribution in [1.29, 1.82) is 0 Å². The Morgan fingerprint density at radius 3 is 2.84 bits per heavy atom. The van der Waals surface area contributed by atoms with Gasteiger partial charge in [0.15, 0.2) is 0 Å². The first-order valence-corrected chi connectivity index (χ1v) is 8.38. The zero-order valence-corrected chi connectivity index (χ0v) is 13.7. The zero-order valence-electron chi connectivity index (χ0n) is 13.7. The topological polar surface area (TPSA) is 38.1 Å². The molecule has 0 spiro atoms. The minimum Gasteiger partial charge on any atom is -0.312 e. The number of halogens is 1. The van der Waals surface area contributed by atoms with Crippen molar-refractivity contribution in [3.63, 3.8) is 0 Å². The van der Waals surface area contributed by atoms with Gasteiger partial charge in [-0.15, -0.1) is 0 Å². The van der Waals surface area contributed by atoms with E-state index in [2.05, 4.69) is 5.10 Å². The number of fused-ring (bicyclic) bond motifs is 1. The minimum absolute atomic E-state index is 0.0286. The van der Waals surface area contributed by atoms with E-state index in [0.717, 1.165) is 29.7 Å². The Morgan fingerprint density at radius 1 is 1.16 bits per heavy atom. The number of hydrogen-bond acceptors (Lipinski definition) is 2. The Kier molecular flexibility index (Phi) is 4.06. The van der Waals surface area contributed by atoms with Crippen LogP contribution in [-0.2, 0) is 17.6 Å². The van der Waals surface area contributed by atoms with E-state index < -0.39 is 0 Å². The summed E-state index contributed by atoms with van der Waals surface area (Å²) < 4.78 is 15.4. The van der Waals surface area contributed by atoms with Crippen molar-refractivity contribution in [2.75, 3.05) is 11.4 Å². The molecule has 0 saturated carbocycles. The maximum Gasteiger partial charge on any atom is 0.231 e. The Balaban J connectivity index is 1.54. The molecule has 25 heavy (non-hydrogen) atoms. The molecule has 0 saturated heterocycles. The zero-order chi connectivity index (χ0) is 17.2. The van der Waals surface area contributed by atoms with Gasteiger partial charge in [-0.1, -0.05) is 24.3 Å². The molecule has 0 aliphatic carbocycles. The minimum atomic E-state index is -0.310. The highest BCUT2D eigenvalue weighted by Crippen LogP contribution is 2.28. The van der Waals surface area contributed by atoms with Crippen LogP contribution in [0.25, 0.3) is 5.69 Å². The second kappa shape index (κ2) is 6.51. The molecule has 4 nitrogen and oxygen atoms in total. The first kappa shape index (κ1) is 15.6. The van der Waals surface area contributed by atoms with E-state index in [4.69, 9.17) is 0 Å². The first-order valence-electron chi connectivity index (χ1n) is 8.38. The van der Waals surface area contributed by atoms with E-state index in [0.29, 0.717) is 12.2 Å². The van der Waals surface area contributed by atoms with Crippen LogP contribution in [0.4, 0.5) is 10.1 Å². The molecule has 0 bridgehead atoms. The van der Waals surface area contributed by atoms with Crippen LogP contribution in [-0.4, -0.2) is 22.2 Å². The first-order chi connectivity index (χ1) is 12.2. The van der Waals surface area contributed by atoms with Crippen molar-refractivity contribution in [1.82, 2.24) is 9.78 Å². The summed E-state index contributed by atoms with van der Waals surface area (Å²) in [5, 5.41) is 4.33. The third-order valence-corrected chi connectivity index (χ3v) is 4.48. The molecule has 1 aliphatic heterocycles. The predicted octanol–water partition coefficient (Wildman–Crippen LogP) is 3.53. The second-order valence-corrected chi connectivity index (χ2v) is 6.23. The van der Waals surface area contributed by atoms with Crippen LogP contribution in [0, 0.1) is 5.82 Å². The van der Waals surface area contributed by atoms with Crippen molar-refractivity contribution in [3.05, 3.63) is 77.9 Å². The van der Waals surface area contributed by atoms with E-state index in [1.165, 1.54) is 12.1 Å². The molecular formula is C20H18FN3O. The molecule has 2 heterocycles. The van der Waals surface area contributed by atoms with E-state index in [-0.39, 0.29) is 18.1 Å². The molecule has 1 amide bonds. The van der Waals surface area contributed by atoms with Gasteiger partial charge in [0.25, 0.3) is 0 Å². The van der Waals surface area contributed by atoms with Gasteiger partial charge in [-0.25, -0.2) is 9.07 Å². The number of para-hydroxylation sites is 1. The predicted molar refractivity (Wildman–Crippen MR) is 94.3 cm³/mol. The van der Waals surface area contributed by atoms with Crippen LogP contribution in [0.15, 0.2) is 60.9 Å². The quantitative estimate of drug-likeness (QED) is 0.734. The third kappa shape index (κ3) is 3.18. The number of benzene rings is 2. The molecule has 126 valence electrons. The fraction of sp³-hybridized carbons (Fsp3) is 0.200. The third-order valence-electron chi connectivity index (χ3n) is 4.48. The van der Waals surface area contributed by atoms with Gasteiger partial charge in [-0.2, -0.15) is 5.10 Å². The summed E-state index contributed by atoms with van der Waals surface area (Å²) in [5.41, 5.74) is 3.52. The fourth-order valence-electron chi connectivity index (χ4n) is 3.25. The van der Waals surface area contributed by atoms with Crippen LogP contribution in [0.3, 0.4) is 0 Å². The average molecular weight is 335 g/mol. The maximum atomic E-state index is 13.6. The van der Waals surface area contributed by atoms with Gasteiger partial charge in [0.2, 0.25) is 5.91 Å². The number of nitrogens with zero attached hydrogens (tertiary/aromatic N) is 3. The summed E-state index contributed by atoms with van der Waals surface area (Å²) >= 11 is 0. The lowest BCUT2D eigenvalue weighted by Crippen LogP contribution is -2.36. The molecule has 4 rings (SSSR count). The van der Waals surface area contributed by atoms with Crippen LogP contribution >= 0.6 is 0 Å². The molecule has 0 fully saturated rings. The number of carbonyl (C=O) groups is 1. The maximum absolute atomic E-state index is 13.6. The Labute approximate surface area is 145 Å². The van der Waals surface area contributed by atoms with Gasteiger partial charge in [0.05, 0.1) is 18.3 Å². The summed E-state index contributed by atoms with van der Waals surface area (Å²) in [5.74, 6) is -0.338. The normalized spacial score (nSPS) is 13.6. The van der Waals surface area contributed by atoms with Gasteiger partial charge in [-0.05, 0) is 48.2 Å². The molecule has 0 N–H and O–H groups in total. The van der Waals surface area contributed by atoms with Crippen molar-refractivity contribution in [3.8, 4) is 5.69 Å². The van der Waals surface area contributed by atoms with Gasteiger partial charge in [0, 0.05) is 18.4 Å². The number of hydrogen-bond donors (Lipinski definition) is 0. The Bertz CT molecular complexity index is 904. The number of aromatic nitrogens is 2. The van der Waals surface area contributed by atoms with Crippen LogP contribution in [0.1, 0.15) is 17.5 Å². The SMILES string of the molecule is O=C(Cc1cnn(-c2ccccc2)c1)N1CCCc2ccc(F)cc21. The lowest BCUT2D eigenvalue weighted by atomic mass is 10.0. The largest absolute Gasteiger partial charge is 0.312 e. The summed E-state index contributed by atoms with van der Waals surface area (Å²) in [4.78, 5) is 14.4. The number of aryl methyl sites for hydroxylation is 1. The van der Waals surface area contributed by atoms with Crippen LogP contribution < -0.4 is 4.90 Å². The molecule has 0 radical (unpaired) electrons. The van der Waals surface area contributed by atoms with Crippen molar-refractivity contribution >= 4 is 11.6 Å². The molecule has 2 aromatic carbocycles. The average Bonchev–Trinajstić information content (AvgIpc) is 3.10. The molecule has 5 heteroatoms. The van der Waals surface area contributed by atoms with E-state index in [1.54, 1.807) is 21.8 Å². The van der Waals surface area contributed by atoms with Gasteiger partial charge >= 0.3 is 0 Å². The monoisotopic (exact) mass is 335 g/mol. The van der Waals surface area contributed by atoms with Gasteiger partial charge in [0.1, 0.15) is 5.82 Å². The molecule has 1 aliphatic rings. The number of carbonyl (C=O) groups excluding carboxylic acids is 1. The summed E-state index contributed by atoms with van der Waals surface area (Å²) in [7, 11) is 0. The summed E-state index contributed by atoms with van der Waals surface area (Å²) in [6.45, 7) is 0.627. The standard InChI is InChI=1S/C20H18FN3O/c21-17-9-8-16-5-4-10-23(19(16)12-17)20(25)11-15-13-22-24(14-15)18-6-2-1-3-7-18/h1-3,6-9,12-14H,4-5,10-11H2. The lowest BCUT2D eigenvalue weighted by Gasteiger charge is -2.29. The summed E-state index contributed by atoms with van der Waals surface area (Å²) in [6, 6.07) is 14.4. The molecule has 0 unspecified atom stereocenters. The fourth-order valence-corrected chi connectivity index (χ4v) is 3.25. The smallest absolute Gasteiger partial charge is 0.231 e. The van der Waals surface area contributed by atoms with E-state index in [9.17, 15) is 9.18 Å². The molecular weight excluding hydrogens is 317 g/mol. The number of rotatable bonds is 3. The van der Waals surface area contributed by atoms with Crippen molar-refractivity contribution in [2.24, 2.45) is 0 Å². The molecule has 3 aromatic rings. The summed E-state index contributed by atoms with van der Waals surface area (Å²) in [6.07, 6.45) is 5.60. The van der Waals surface area contributed by atoms with Crippen LogP contribution in [0.2, 0.25) is 0 Å². The lowest BCUT2D eigenvalue weighted by molar-refractivity contribution is -0.118. The highest BCUT2D eigenvalue weighted by molar-refractivity contribution is 5.95. The van der Waals surface area contributed by atoms with Crippen molar-refractivity contribution < 1.29 is 9.18 Å². The van der Waals surface area contributed by atoms with E-state index >= 15 is 0 Å². The Morgan fingerprint density at radius 2 is 2.00 bits per heavy atom. The molecule has 0 atom stereocenters.